The fourth-order valence-electron chi connectivity index (χ4n) is 1.80. The van der Waals surface area contributed by atoms with Crippen molar-refractivity contribution >= 4 is 11.6 Å². The molecule has 112 valence electrons. The second-order valence-corrected chi connectivity index (χ2v) is 5.84. The minimum atomic E-state index is -0.00304. The maximum Gasteiger partial charge on any atom is 0.225 e. The molecule has 2 aromatic rings. The van der Waals surface area contributed by atoms with Gasteiger partial charge in [-0.3, -0.25) is 4.79 Å². The van der Waals surface area contributed by atoms with Crippen LogP contribution in [0.15, 0.2) is 36.7 Å². The molecule has 1 heterocycles. The summed E-state index contributed by atoms with van der Waals surface area (Å²) < 4.78 is 0. The van der Waals surface area contributed by atoms with Gasteiger partial charge < -0.3 is 10.6 Å². The Morgan fingerprint density at radius 2 is 1.76 bits per heavy atom. The van der Waals surface area contributed by atoms with E-state index in [1.807, 2.05) is 24.3 Å². The molecule has 0 spiro atoms. The number of hydrogen-bond acceptors (Lipinski definition) is 4. The molecule has 0 unspecified atom stereocenters. The number of carbonyl (C=O) groups excluding carboxylic acids is 1. The van der Waals surface area contributed by atoms with Crippen LogP contribution in [0.1, 0.15) is 27.2 Å². The molecule has 0 fully saturated rings. The van der Waals surface area contributed by atoms with Gasteiger partial charge in [0.05, 0.1) is 18.1 Å². The molecule has 2 rings (SSSR count). The molecule has 0 bridgehead atoms. The molecule has 0 saturated carbocycles. The van der Waals surface area contributed by atoms with Crippen LogP contribution >= 0.6 is 0 Å². The Bertz CT molecular complexity index is 569. The van der Waals surface area contributed by atoms with Crippen molar-refractivity contribution in [1.82, 2.24) is 20.3 Å². The van der Waals surface area contributed by atoms with Crippen LogP contribution in [0.5, 0.6) is 0 Å². The van der Waals surface area contributed by atoms with E-state index in [4.69, 9.17) is 0 Å². The predicted octanol–water partition coefficient (Wildman–Crippen LogP) is 1.98. The summed E-state index contributed by atoms with van der Waals surface area (Å²) >= 11 is 0. The van der Waals surface area contributed by atoms with Crippen molar-refractivity contribution in [1.29, 1.82) is 0 Å². The molecular weight excluding hydrogens is 266 g/mol. The first-order chi connectivity index (χ1) is 9.94. The van der Waals surface area contributed by atoms with E-state index in [9.17, 15) is 4.79 Å². The van der Waals surface area contributed by atoms with Crippen LogP contribution in [-0.2, 0) is 4.79 Å². The Kier molecular flexibility index (Phi) is 4.70. The van der Waals surface area contributed by atoms with Crippen molar-refractivity contribution in [2.45, 2.75) is 32.7 Å². The molecule has 21 heavy (non-hydrogen) atoms. The molecule has 0 aliphatic heterocycles. The van der Waals surface area contributed by atoms with Gasteiger partial charge in [-0.25, -0.2) is 0 Å². The third-order valence-corrected chi connectivity index (χ3v) is 2.81. The van der Waals surface area contributed by atoms with Gasteiger partial charge in [0.2, 0.25) is 5.91 Å². The molecule has 1 aromatic heterocycles. The number of rotatable bonds is 5. The van der Waals surface area contributed by atoms with Crippen LogP contribution in [0, 0.1) is 0 Å². The highest BCUT2D eigenvalue weighted by Gasteiger charge is 2.09. The van der Waals surface area contributed by atoms with E-state index < -0.39 is 0 Å². The van der Waals surface area contributed by atoms with E-state index in [0.717, 1.165) is 11.4 Å². The second-order valence-electron chi connectivity index (χ2n) is 5.84. The fraction of sp³-hybridized carbons (Fsp3) is 0.400. The summed E-state index contributed by atoms with van der Waals surface area (Å²) in [6, 6.07) is 7.41. The van der Waals surface area contributed by atoms with Gasteiger partial charge in [0.25, 0.3) is 0 Å². The molecule has 6 heteroatoms. The molecule has 2 N–H and O–H groups in total. The number of hydrogen-bond donors (Lipinski definition) is 2. The third kappa shape index (κ3) is 5.00. The Morgan fingerprint density at radius 1 is 1.14 bits per heavy atom. The number of benzene rings is 1. The average Bonchev–Trinajstić information content (AvgIpc) is 2.92. The second kappa shape index (κ2) is 6.49. The topological polar surface area (TPSA) is 71.8 Å². The minimum Gasteiger partial charge on any atom is -0.326 e. The Labute approximate surface area is 124 Å². The quantitative estimate of drug-likeness (QED) is 0.882. The lowest BCUT2D eigenvalue weighted by atomic mass is 10.1. The summed E-state index contributed by atoms with van der Waals surface area (Å²) in [7, 11) is 0. The van der Waals surface area contributed by atoms with E-state index in [0.29, 0.717) is 13.0 Å². The number of nitrogens with one attached hydrogen (secondary N) is 2. The summed E-state index contributed by atoms with van der Waals surface area (Å²) in [6.45, 7) is 6.89. The van der Waals surface area contributed by atoms with Crippen LogP contribution in [-0.4, -0.2) is 33.0 Å². The highest BCUT2D eigenvalue weighted by atomic mass is 16.1. The monoisotopic (exact) mass is 287 g/mol. The van der Waals surface area contributed by atoms with Crippen molar-refractivity contribution in [3.8, 4) is 5.69 Å². The summed E-state index contributed by atoms with van der Waals surface area (Å²) in [4.78, 5) is 13.4. The van der Waals surface area contributed by atoms with Gasteiger partial charge in [0, 0.05) is 24.2 Å². The minimum absolute atomic E-state index is 0.00304. The van der Waals surface area contributed by atoms with Crippen LogP contribution in [0.3, 0.4) is 0 Å². The maximum absolute atomic E-state index is 11.8. The smallest absolute Gasteiger partial charge is 0.225 e. The largest absolute Gasteiger partial charge is 0.326 e. The van der Waals surface area contributed by atoms with Crippen molar-refractivity contribution < 1.29 is 4.79 Å². The first kappa shape index (κ1) is 15.2. The summed E-state index contributed by atoms with van der Waals surface area (Å²) in [6.07, 6.45) is 3.69. The molecule has 6 nitrogen and oxygen atoms in total. The van der Waals surface area contributed by atoms with Crippen LogP contribution in [0.4, 0.5) is 5.69 Å². The number of carbonyl (C=O) groups is 1. The molecule has 0 atom stereocenters. The molecule has 0 aliphatic carbocycles. The predicted molar refractivity (Wildman–Crippen MR) is 82.4 cm³/mol. The number of aromatic nitrogens is 3. The summed E-state index contributed by atoms with van der Waals surface area (Å²) in [5, 5.41) is 14.3. The van der Waals surface area contributed by atoms with E-state index in [1.54, 1.807) is 12.4 Å². The van der Waals surface area contributed by atoms with Gasteiger partial charge in [-0.05, 0) is 45.0 Å². The first-order valence-electron chi connectivity index (χ1n) is 6.96. The molecule has 0 aliphatic rings. The SMILES string of the molecule is CC(C)(C)NCCC(=O)Nc1ccc(-n2nccn2)cc1. The van der Waals surface area contributed by atoms with Gasteiger partial charge in [0.15, 0.2) is 0 Å². The molecule has 0 saturated heterocycles. The molecule has 1 aromatic carbocycles. The van der Waals surface area contributed by atoms with Crippen LogP contribution in [0.2, 0.25) is 0 Å². The Hall–Kier alpha value is -2.21. The fourth-order valence-corrected chi connectivity index (χ4v) is 1.80. The number of anilines is 1. The molecule has 1 amide bonds. The summed E-state index contributed by atoms with van der Waals surface area (Å²) in [5.41, 5.74) is 1.65. The number of amides is 1. The lowest BCUT2D eigenvalue weighted by Crippen LogP contribution is -2.37. The van der Waals surface area contributed by atoms with Gasteiger partial charge in [-0.15, -0.1) is 0 Å². The van der Waals surface area contributed by atoms with Gasteiger partial charge in [0.1, 0.15) is 0 Å². The standard InChI is InChI=1S/C15H21N5O/c1-15(2,3)16-9-8-14(21)19-12-4-6-13(7-5-12)20-17-10-11-18-20/h4-7,10-11,16H,8-9H2,1-3H3,(H,19,21). The van der Waals surface area contributed by atoms with E-state index in [2.05, 4.69) is 41.6 Å². The lowest BCUT2D eigenvalue weighted by molar-refractivity contribution is -0.116. The van der Waals surface area contributed by atoms with Crippen molar-refractivity contribution in [2.24, 2.45) is 0 Å². The first-order valence-corrected chi connectivity index (χ1v) is 6.96. The Morgan fingerprint density at radius 3 is 2.33 bits per heavy atom. The van der Waals surface area contributed by atoms with E-state index in [1.165, 1.54) is 4.80 Å². The molecule has 0 radical (unpaired) electrons. The molecular formula is C15H21N5O. The zero-order valence-corrected chi connectivity index (χ0v) is 12.6. The van der Waals surface area contributed by atoms with Crippen molar-refractivity contribution in [3.63, 3.8) is 0 Å². The van der Waals surface area contributed by atoms with Crippen molar-refractivity contribution in [2.75, 3.05) is 11.9 Å². The normalized spacial score (nSPS) is 11.4. The average molecular weight is 287 g/mol. The van der Waals surface area contributed by atoms with Crippen molar-refractivity contribution in [3.05, 3.63) is 36.7 Å². The maximum atomic E-state index is 11.8. The highest BCUT2D eigenvalue weighted by Crippen LogP contribution is 2.12. The highest BCUT2D eigenvalue weighted by molar-refractivity contribution is 5.90. The summed E-state index contributed by atoms with van der Waals surface area (Å²) in [5.74, 6) is -0.00304. The van der Waals surface area contributed by atoms with Crippen LogP contribution in [0.25, 0.3) is 5.69 Å². The van der Waals surface area contributed by atoms with Crippen LogP contribution < -0.4 is 10.6 Å². The number of nitrogens with zero attached hydrogens (tertiary/aromatic N) is 3. The van der Waals surface area contributed by atoms with E-state index >= 15 is 0 Å². The van der Waals surface area contributed by atoms with E-state index in [-0.39, 0.29) is 11.4 Å². The third-order valence-electron chi connectivity index (χ3n) is 2.81. The zero-order chi connectivity index (χ0) is 15.3. The Balaban J connectivity index is 1.84. The lowest BCUT2D eigenvalue weighted by Gasteiger charge is -2.20. The zero-order valence-electron chi connectivity index (χ0n) is 12.6. The van der Waals surface area contributed by atoms with Gasteiger partial charge in [-0.1, -0.05) is 0 Å². The van der Waals surface area contributed by atoms with Gasteiger partial charge in [-0.2, -0.15) is 15.0 Å². The van der Waals surface area contributed by atoms with Gasteiger partial charge >= 0.3 is 0 Å².